The Hall–Kier alpha value is -4.86. The normalized spacial score (nSPS) is 11.6. The number of benzene rings is 3. The van der Waals surface area contributed by atoms with Gasteiger partial charge in [-0.3, -0.25) is 9.59 Å². The predicted octanol–water partition coefficient (Wildman–Crippen LogP) is 5.64. The van der Waals surface area contributed by atoms with Crippen molar-refractivity contribution in [2.24, 2.45) is 0 Å². The molecule has 0 saturated carbocycles. The number of amides is 2. The summed E-state index contributed by atoms with van der Waals surface area (Å²) in [4.78, 5) is 29.3. The van der Waals surface area contributed by atoms with E-state index in [0.717, 1.165) is 24.2 Å². The fraction of sp³-hybridized carbons (Fsp3) is 0.188. The molecule has 0 spiro atoms. The van der Waals surface area contributed by atoms with E-state index < -0.39 is 21.2 Å². The number of pyridine rings is 1. The van der Waals surface area contributed by atoms with Gasteiger partial charge in [-0.05, 0) is 55.0 Å². The largest absolute Gasteiger partial charge is 0.497 e. The van der Waals surface area contributed by atoms with Gasteiger partial charge in [0.2, 0.25) is 11.8 Å². The van der Waals surface area contributed by atoms with Crippen LogP contribution in [-0.2, 0) is 19.6 Å². The molecule has 12 heteroatoms. The summed E-state index contributed by atoms with van der Waals surface area (Å²) in [5.41, 5.74) is 3.29. The molecule has 1 atom stereocenters. The van der Waals surface area contributed by atoms with Gasteiger partial charge in [0, 0.05) is 29.3 Å². The number of rotatable bonds is 11. The summed E-state index contributed by atoms with van der Waals surface area (Å²) in [6.07, 6.45) is 0.408. The molecule has 4 rings (SSSR count). The zero-order valence-electron chi connectivity index (χ0n) is 24.5. The Kier molecular flexibility index (Phi) is 10.3. The van der Waals surface area contributed by atoms with Gasteiger partial charge in [0.25, 0.3) is 10.0 Å². The number of hydrogen-bond acceptors (Lipinski definition) is 9. The number of methoxy groups -OCH3 is 2. The Morgan fingerprint density at radius 1 is 0.977 bits per heavy atom. The maximum absolute atomic E-state index is 13.4. The number of carbonyl (C=O) groups excluding carboxylic acids is 2. The highest BCUT2D eigenvalue weighted by molar-refractivity contribution is 8.00. The van der Waals surface area contributed by atoms with Crippen molar-refractivity contribution in [2.75, 3.05) is 19.5 Å². The monoisotopic (exact) mass is 630 g/mol. The topological polar surface area (TPSA) is 147 Å². The number of anilines is 1. The number of nitriles is 1. The van der Waals surface area contributed by atoms with E-state index in [9.17, 15) is 23.3 Å². The number of aromatic nitrogens is 1. The maximum atomic E-state index is 13.4. The van der Waals surface area contributed by atoms with E-state index >= 15 is 0 Å². The van der Waals surface area contributed by atoms with E-state index in [1.54, 1.807) is 32.4 Å². The van der Waals surface area contributed by atoms with E-state index in [1.807, 2.05) is 48.0 Å². The lowest BCUT2D eigenvalue weighted by Gasteiger charge is -2.18. The lowest BCUT2D eigenvalue weighted by molar-refractivity contribution is -0.117. The number of sulfonamides is 1. The molecule has 0 aliphatic carbocycles. The molecule has 0 saturated heterocycles. The molecule has 0 aliphatic heterocycles. The lowest BCUT2D eigenvalue weighted by Crippen LogP contribution is -2.28. The van der Waals surface area contributed by atoms with Crippen molar-refractivity contribution in [3.63, 3.8) is 0 Å². The van der Waals surface area contributed by atoms with Gasteiger partial charge in [0.1, 0.15) is 22.6 Å². The minimum atomic E-state index is -4.01. The first-order valence-corrected chi connectivity index (χ1v) is 15.8. The van der Waals surface area contributed by atoms with Crippen LogP contribution < -0.4 is 19.5 Å². The molecule has 4 aromatic rings. The minimum Gasteiger partial charge on any atom is -0.497 e. The van der Waals surface area contributed by atoms with Crippen molar-refractivity contribution < 1.29 is 27.5 Å². The molecule has 226 valence electrons. The fourth-order valence-corrected chi connectivity index (χ4v) is 6.37. The first kappa shape index (κ1) is 32.1. The molecule has 0 aliphatic rings. The Labute approximate surface area is 260 Å². The van der Waals surface area contributed by atoms with Crippen LogP contribution in [0, 0.1) is 11.3 Å². The Morgan fingerprint density at radius 3 is 2.27 bits per heavy atom. The van der Waals surface area contributed by atoms with Crippen LogP contribution in [0.3, 0.4) is 0 Å². The number of carbonyl (C=O) groups is 2. The van der Waals surface area contributed by atoms with E-state index in [0.29, 0.717) is 45.5 Å². The van der Waals surface area contributed by atoms with Gasteiger partial charge in [-0.2, -0.15) is 5.26 Å². The maximum Gasteiger partial charge on any atom is 0.264 e. The molecule has 1 heterocycles. The number of nitrogens with one attached hydrogen (secondary N) is 2. The molecule has 2 N–H and O–H groups in total. The molecule has 1 aromatic heterocycles. The van der Waals surface area contributed by atoms with Gasteiger partial charge >= 0.3 is 0 Å². The summed E-state index contributed by atoms with van der Waals surface area (Å²) in [7, 11) is -0.907. The van der Waals surface area contributed by atoms with Crippen LogP contribution in [-0.4, -0.2) is 44.7 Å². The highest BCUT2D eigenvalue weighted by Gasteiger charge is 2.25. The van der Waals surface area contributed by atoms with Crippen LogP contribution in [0.2, 0.25) is 0 Å². The minimum absolute atomic E-state index is 0.117. The molecule has 0 fully saturated rings. The third-order valence-corrected chi connectivity index (χ3v) is 9.29. The summed E-state index contributed by atoms with van der Waals surface area (Å²) < 4.78 is 37.5. The summed E-state index contributed by atoms with van der Waals surface area (Å²) in [6.45, 7) is 2.95. The fourth-order valence-electron chi connectivity index (χ4n) is 4.35. The smallest absolute Gasteiger partial charge is 0.264 e. The van der Waals surface area contributed by atoms with Crippen LogP contribution in [0.4, 0.5) is 5.69 Å². The summed E-state index contributed by atoms with van der Waals surface area (Å²) in [5, 5.41) is 12.9. The first-order chi connectivity index (χ1) is 21.1. The molecular formula is C32H30N4O6S2. The average Bonchev–Trinajstić information content (AvgIpc) is 3.02. The highest BCUT2D eigenvalue weighted by Crippen LogP contribution is 2.41. The molecule has 0 radical (unpaired) electrons. The molecule has 2 amide bonds. The predicted molar refractivity (Wildman–Crippen MR) is 169 cm³/mol. The van der Waals surface area contributed by atoms with Gasteiger partial charge in [0.15, 0.2) is 0 Å². The standard InChI is InChI=1S/C32H30N4O6S2/c1-5-30(31(38)34-22-11-14-24(15-12-22)44(39,40)36-20(2)37)43-32-27(19-33)25(18-28(35-32)21-9-7-6-8-10-21)26-17-23(41-3)13-16-29(26)42-4/h6-18,30H,5H2,1-4H3,(H,34,38)(H,36,37). The van der Waals surface area contributed by atoms with Crippen molar-refractivity contribution >= 4 is 39.3 Å². The molecule has 0 bridgehead atoms. The van der Waals surface area contributed by atoms with E-state index in [2.05, 4.69) is 11.4 Å². The second kappa shape index (κ2) is 14.1. The second-order valence-corrected chi connectivity index (χ2v) is 12.3. The summed E-state index contributed by atoms with van der Waals surface area (Å²) in [5.74, 6) is 0.0574. The Morgan fingerprint density at radius 2 is 1.68 bits per heavy atom. The van der Waals surface area contributed by atoms with Crippen LogP contribution in [0.1, 0.15) is 25.8 Å². The van der Waals surface area contributed by atoms with Gasteiger partial charge in [-0.25, -0.2) is 18.1 Å². The number of hydrogen-bond donors (Lipinski definition) is 2. The number of thioether (sulfide) groups is 1. The Balaban J connectivity index is 1.72. The molecule has 3 aromatic carbocycles. The van der Waals surface area contributed by atoms with Crippen molar-refractivity contribution in [3.05, 3.63) is 84.4 Å². The van der Waals surface area contributed by atoms with Gasteiger partial charge in [-0.1, -0.05) is 49.0 Å². The van der Waals surface area contributed by atoms with Gasteiger partial charge in [0.05, 0.1) is 35.6 Å². The first-order valence-electron chi connectivity index (χ1n) is 13.4. The second-order valence-electron chi connectivity index (χ2n) is 9.47. The molecular weight excluding hydrogens is 601 g/mol. The molecule has 44 heavy (non-hydrogen) atoms. The zero-order chi connectivity index (χ0) is 31.9. The third-order valence-electron chi connectivity index (χ3n) is 6.49. The highest BCUT2D eigenvalue weighted by atomic mass is 32.2. The Bertz CT molecular complexity index is 1820. The van der Waals surface area contributed by atoms with E-state index in [4.69, 9.17) is 14.5 Å². The summed E-state index contributed by atoms with van der Waals surface area (Å²) >= 11 is 1.16. The van der Waals surface area contributed by atoms with Crippen molar-refractivity contribution in [1.29, 1.82) is 5.26 Å². The zero-order valence-corrected chi connectivity index (χ0v) is 26.1. The quantitative estimate of drug-likeness (QED) is 0.201. The van der Waals surface area contributed by atoms with Crippen LogP contribution in [0.25, 0.3) is 22.4 Å². The van der Waals surface area contributed by atoms with Crippen molar-refractivity contribution in [3.8, 4) is 40.0 Å². The van der Waals surface area contributed by atoms with Crippen LogP contribution >= 0.6 is 11.8 Å². The summed E-state index contributed by atoms with van der Waals surface area (Å²) in [6, 6.07) is 24.4. The van der Waals surface area contributed by atoms with Crippen LogP contribution in [0.15, 0.2) is 88.8 Å². The number of nitrogens with zero attached hydrogens (tertiary/aromatic N) is 2. The van der Waals surface area contributed by atoms with Gasteiger partial charge < -0.3 is 14.8 Å². The van der Waals surface area contributed by atoms with Crippen molar-refractivity contribution in [2.45, 2.75) is 35.4 Å². The SMILES string of the molecule is CCC(Sc1nc(-c2ccccc2)cc(-c2cc(OC)ccc2OC)c1C#N)C(=O)Nc1ccc(S(=O)(=O)NC(C)=O)cc1. The van der Waals surface area contributed by atoms with E-state index in [-0.39, 0.29) is 16.4 Å². The molecule has 10 nitrogen and oxygen atoms in total. The molecule has 1 unspecified atom stereocenters. The average molecular weight is 631 g/mol. The van der Waals surface area contributed by atoms with Gasteiger partial charge in [-0.15, -0.1) is 0 Å². The van der Waals surface area contributed by atoms with E-state index in [1.165, 1.54) is 24.3 Å². The lowest BCUT2D eigenvalue weighted by atomic mass is 9.98. The van der Waals surface area contributed by atoms with Crippen molar-refractivity contribution in [1.82, 2.24) is 9.71 Å². The third kappa shape index (κ3) is 7.37. The number of ether oxygens (including phenoxy) is 2. The van der Waals surface area contributed by atoms with Crippen LogP contribution in [0.5, 0.6) is 11.5 Å².